The first-order valence-corrected chi connectivity index (χ1v) is 6.43. The normalized spacial score (nSPS) is 14.1. The van der Waals surface area contributed by atoms with E-state index < -0.39 is 11.7 Å². The Hall–Kier alpha value is -1.14. The van der Waals surface area contributed by atoms with Gasteiger partial charge in [0.1, 0.15) is 0 Å². The lowest BCUT2D eigenvalue weighted by Crippen LogP contribution is -2.41. The molecule has 0 radical (unpaired) electrons. The van der Waals surface area contributed by atoms with Crippen LogP contribution in [0.1, 0.15) is 17.3 Å². The maximum Gasteiger partial charge on any atom is 0.254 e. The molecule has 0 aliphatic rings. The Morgan fingerprint density at radius 1 is 1.71 bits per heavy atom. The van der Waals surface area contributed by atoms with Crippen LogP contribution in [0.15, 0.2) is 18.5 Å². The lowest BCUT2D eigenvalue weighted by molar-refractivity contribution is 0.0931. The fourth-order valence-electron chi connectivity index (χ4n) is 1.37. The summed E-state index contributed by atoms with van der Waals surface area (Å²) in [7, 11) is 0. The van der Waals surface area contributed by atoms with Crippen molar-refractivity contribution in [1.29, 1.82) is 0 Å². The largest absolute Gasteiger partial charge is 0.395 e. The molecule has 0 saturated carbocycles. The average molecular weight is 258 g/mol. The van der Waals surface area contributed by atoms with Crippen LogP contribution >= 0.6 is 11.8 Å². The maximum absolute atomic E-state index is 13.3. The van der Waals surface area contributed by atoms with Gasteiger partial charge in [-0.1, -0.05) is 0 Å². The van der Waals surface area contributed by atoms with Crippen molar-refractivity contribution in [1.82, 2.24) is 10.3 Å². The third-order valence-corrected chi connectivity index (χ3v) is 3.58. The predicted octanol–water partition coefficient (Wildman–Crippen LogP) is 1.06. The summed E-state index contributed by atoms with van der Waals surface area (Å²) in [5.41, 5.74) is -0.0374. The first kappa shape index (κ1) is 13.9. The van der Waals surface area contributed by atoms with Gasteiger partial charge in [0.15, 0.2) is 5.82 Å². The van der Waals surface area contributed by atoms with Gasteiger partial charge >= 0.3 is 0 Å². The third kappa shape index (κ3) is 3.67. The van der Waals surface area contributed by atoms with Gasteiger partial charge in [-0.15, -0.1) is 0 Å². The van der Waals surface area contributed by atoms with E-state index in [-0.39, 0.29) is 23.5 Å². The predicted molar refractivity (Wildman–Crippen MR) is 65.5 cm³/mol. The zero-order chi connectivity index (χ0) is 12.8. The van der Waals surface area contributed by atoms with Crippen molar-refractivity contribution < 1.29 is 14.3 Å². The number of aromatic nitrogens is 1. The molecule has 94 valence electrons. The minimum atomic E-state index is -0.651. The molecule has 1 aromatic heterocycles. The van der Waals surface area contributed by atoms with E-state index in [1.807, 2.05) is 6.26 Å². The molecule has 0 aliphatic heterocycles. The van der Waals surface area contributed by atoms with Gasteiger partial charge in [-0.05, 0) is 19.2 Å². The summed E-state index contributed by atoms with van der Waals surface area (Å²) < 4.78 is 13.3. The SMILES string of the molecule is CSC(CO)C(C)NC(=O)c1ccncc1F. The number of amides is 1. The van der Waals surface area contributed by atoms with Crippen molar-refractivity contribution >= 4 is 17.7 Å². The first-order valence-electron chi connectivity index (χ1n) is 5.14. The average Bonchev–Trinajstić information content (AvgIpc) is 2.31. The van der Waals surface area contributed by atoms with Crippen LogP contribution in [0, 0.1) is 5.82 Å². The molecule has 17 heavy (non-hydrogen) atoms. The molecular formula is C11H15FN2O2S. The van der Waals surface area contributed by atoms with Crippen molar-refractivity contribution in [2.24, 2.45) is 0 Å². The second-order valence-electron chi connectivity index (χ2n) is 3.57. The highest BCUT2D eigenvalue weighted by molar-refractivity contribution is 7.99. The first-order chi connectivity index (χ1) is 8.10. The number of thioether (sulfide) groups is 1. The molecule has 1 rings (SSSR count). The molecule has 0 aromatic carbocycles. The molecule has 2 atom stereocenters. The quantitative estimate of drug-likeness (QED) is 0.829. The molecular weight excluding hydrogens is 243 g/mol. The zero-order valence-corrected chi connectivity index (χ0v) is 10.5. The summed E-state index contributed by atoms with van der Waals surface area (Å²) in [5.74, 6) is -1.15. The van der Waals surface area contributed by atoms with E-state index in [1.165, 1.54) is 24.0 Å². The molecule has 2 unspecified atom stereocenters. The topological polar surface area (TPSA) is 62.2 Å². The molecule has 0 fully saturated rings. The smallest absolute Gasteiger partial charge is 0.254 e. The fraction of sp³-hybridized carbons (Fsp3) is 0.455. The van der Waals surface area contributed by atoms with Gasteiger partial charge in [0.05, 0.1) is 18.4 Å². The maximum atomic E-state index is 13.3. The van der Waals surface area contributed by atoms with Gasteiger partial charge in [0, 0.05) is 17.5 Å². The second kappa shape index (κ2) is 6.56. The number of aliphatic hydroxyl groups is 1. The molecule has 2 N–H and O–H groups in total. The Morgan fingerprint density at radius 2 is 2.41 bits per heavy atom. The van der Waals surface area contributed by atoms with Gasteiger partial charge < -0.3 is 10.4 Å². The number of aliphatic hydroxyl groups excluding tert-OH is 1. The summed E-state index contributed by atoms with van der Waals surface area (Å²) in [5, 5.41) is 11.6. The van der Waals surface area contributed by atoms with Crippen LogP contribution in [0.4, 0.5) is 4.39 Å². The summed E-state index contributed by atoms with van der Waals surface area (Å²) in [4.78, 5) is 15.3. The highest BCUT2D eigenvalue weighted by atomic mass is 32.2. The number of nitrogens with one attached hydrogen (secondary N) is 1. The second-order valence-corrected chi connectivity index (χ2v) is 4.65. The lowest BCUT2D eigenvalue weighted by Gasteiger charge is -2.21. The molecule has 1 heterocycles. The van der Waals surface area contributed by atoms with E-state index >= 15 is 0 Å². The molecule has 0 bridgehead atoms. The summed E-state index contributed by atoms with van der Waals surface area (Å²) >= 11 is 1.45. The molecule has 0 aliphatic carbocycles. The molecule has 1 amide bonds. The van der Waals surface area contributed by atoms with E-state index in [1.54, 1.807) is 6.92 Å². The van der Waals surface area contributed by atoms with Crippen LogP contribution in [-0.2, 0) is 0 Å². The van der Waals surface area contributed by atoms with Crippen LogP contribution in [0.5, 0.6) is 0 Å². The summed E-state index contributed by atoms with van der Waals surface area (Å²) in [6.07, 6.45) is 4.20. The molecule has 4 nitrogen and oxygen atoms in total. The van der Waals surface area contributed by atoms with E-state index in [9.17, 15) is 9.18 Å². The van der Waals surface area contributed by atoms with Crippen molar-refractivity contribution in [3.05, 3.63) is 29.8 Å². The van der Waals surface area contributed by atoms with Gasteiger partial charge in [0.25, 0.3) is 5.91 Å². The van der Waals surface area contributed by atoms with Crippen molar-refractivity contribution in [2.45, 2.75) is 18.2 Å². The Morgan fingerprint density at radius 3 is 2.94 bits per heavy atom. The number of nitrogens with zero attached hydrogens (tertiary/aromatic N) is 1. The van der Waals surface area contributed by atoms with E-state index in [0.717, 1.165) is 6.20 Å². The molecule has 0 spiro atoms. The van der Waals surface area contributed by atoms with E-state index in [2.05, 4.69) is 10.3 Å². The lowest BCUT2D eigenvalue weighted by atomic mass is 10.2. The van der Waals surface area contributed by atoms with Gasteiger partial charge in [0.2, 0.25) is 0 Å². The number of rotatable bonds is 5. The Balaban J connectivity index is 2.70. The standard InChI is InChI=1S/C11H15FN2O2S/c1-7(10(6-15)17-2)14-11(16)8-3-4-13-5-9(8)12/h3-5,7,10,15H,6H2,1-2H3,(H,14,16). The minimum absolute atomic E-state index is 0.0374. The van der Waals surface area contributed by atoms with Crippen molar-refractivity contribution in [3.8, 4) is 0 Å². The van der Waals surface area contributed by atoms with Crippen LogP contribution in [0.2, 0.25) is 0 Å². The number of hydrogen-bond acceptors (Lipinski definition) is 4. The van der Waals surface area contributed by atoms with Gasteiger partial charge in [-0.25, -0.2) is 4.39 Å². The van der Waals surface area contributed by atoms with Crippen molar-refractivity contribution in [2.75, 3.05) is 12.9 Å². The van der Waals surface area contributed by atoms with Crippen LogP contribution in [0.3, 0.4) is 0 Å². The van der Waals surface area contributed by atoms with Crippen molar-refractivity contribution in [3.63, 3.8) is 0 Å². The highest BCUT2D eigenvalue weighted by Gasteiger charge is 2.19. The third-order valence-electron chi connectivity index (χ3n) is 2.42. The molecule has 0 saturated heterocycles. The molecule has 6 heteroatoms. The summed E-state index contributed by atoms with van der Waals surface area (Å²) in [6.45, 7) is 1.73. The van der Waals surface area contributed by atoms with Crippen LogP contribution in [0.25, 0.3) is 0 Å². The number of halogens is 1. The van der Waals surface area contributed by atoms with E-state index in [4.69, 9.17) is 5.11 Å². The monoisotopic (exact) mass is 258 g/mol. The van der Waals surface area contributed by atoms with Gasteiger partial charge in [-0.2, -0.15) is 11.8 Å². The Bertz CT molecular complexity index is 385. The summed E-state index contributed by atoms with van der Waals surface area (Å²) in [6, 6.07) is 1.08. The fourth-order valence-corrected chi connectivity index (χ4v) is 2.00. The number of hydrogen-bond donors (Lipinski definition) is 2. The Labute approximate surface area is 104 Å². The number of carbonyl (C=O) groups excluding carboxylic acids is 1. The minimum Gasteiger partial charge on any atom is -0.395 e. The Kier molecular flexibility index (Phi) is 5.37. The van der Waals surface area contributed by atoms with E-state index in [0.29, 0.717) is 0 Å². The highest BCUT2D eigenvalue weighted by Crippen LogP contribution is 2.11. The zero-order valence-electron chi connectivity index (χ0n) is 9.68. The van der Waals surface area contributed by atoms with Crippen LogP contribution < -0.4 is 5.32 Å². The van der Waals surface area contributed by atoms with Gasteiger partial charge in [-0.3, -0.25) is 9.78 Å². The number of pyridine rings is 1. The number of carbonyl (C=O) groups is 1. The van der Waals surface area contributed by atoms with Crippen LogP contribution in [-0.4, -0.2) is 40.2 Å². The molecule has 1 aromatic rings.